The third-order valence-corrected chi connectivity index (χ3v) is 3.43. The molecule has 6 nitrogen and oxygen atoms in total. The van der Waals surface area contributed by atoms with Gasteiger partial charge in [-0.05, 0) is 45.0 Å². The van der Waals surface area contributed by atoms with Gasteiger partial charge < -0.3 is 9.47 Å². The molecule has 0 spiro atoms. The minimum absolute atomic E-state index is 0.0119. The van der Waals surface area contributed by atoms with Gasteiger partial charge in [0.15, 0.2) is 0 Å². The molecule has 0 unspecified atom stereocenters. The zero-order chi connectivity index (χ0) is 19.5. The first-order valence-electron chi connectivity index (χ1n) is 7.65. The van der Waals surface area contributed by atoms with E-state index >= 15 is 0 Å². The summed E-state index contributed by atoms with van der Waals surface area (Å²) in [6.07, 6.45) is -0.686. The van der Waals surface area contributed by atoms with Crippen LogP contribution in [0.25, 0.3) is 11.3 Å². The molecular weight excluding hydrogens is 363 g/mol. The molecule has 0 aliphatic heterocycles. The highest BCUT2D eigenvalue weighted by molar-refractivity contribution is 6.33. The number of esters is 1. The summed E-state index contributed by atoms with van der Waals surface area (Å²) in [6.45, 7) is 5.19. The van der Waals surface area contributed by atoms with E-state index in [2.05, 4.69) is 15.0 Å². The van der Waals surface area contributed by atoms with Gasteiger partial charge in [-0.15, -0.1) is 0 Å². The molecule has 0 radical (unpaired) electrons. The van der Waals surface area contributed by atoms with E-state index in [4.69, 9.17) is 16.3 Å². The average molecular weight is 381 g/mol. The molecule has 0 aliphatic rings. The highest BCUT2D eigenvalue weighted by Crippen LogP contribution is 2.28. The molecule has 0 atom stereocenters. The Kier molecular flexibility index (Phi) is 5.82. The van der Waals surface area contributed by atoms with Crippen LogP contribution < -0.4 is 5.32 Å². The number of carbonyl (C=O) groups is 2. The molecule has 0 saturated heterocycles. The van der Waals surface area contributed by atoms with Crippen molar-refractivity contribution in [2.24, 2.45) is 0 Å². The summed E-state index contributed by atoms with van der Waals surface area (Å²) < 4.78 is 24.1. The minimum atomic E-state index is -0.695. The summed E-state index contributed by atoms with van der Waals surface area (Å²) in [6, 6.07) is 6.92. The molecule has 138 valence electrons. The summed E-state index contributed by atoms with van der Waals surface area (Å²) in [5, 5.41) is 2.41. The number of benzene rings is 1. The maximum absolute atomic E-state index is 14.3. The first kappa shape index (κ1) is 19.7. The Morgan fingerprint density at radius 3 is 2.54 bits per heavy atom. The van der Waals surface area contributed by atoms with Gasteiger partial charge >= 0.3 is 12.1 Å². The van der Waals surface area contributed by atoms with Crippen molar-refractivity contribution >= 4 is 29.5 Å². The van der Waals surface area contributed by atoms with Crippen LogP contribution in [0.4, 0.5) is 15.0 Å². The summed E-state index contributed by atoms with van der Waals surface area (Å²) >= 11 is 5.89. The number of halogens is 2. The first-order chi connectivity index (χ1) is 12.1. The zero-order valence-electron chi connectivity index (χ0n) is 14.7. The van der Waals surface area contributed by atoms with Gasteiger partial charge in [-0.3, -0.25) is 5.32 Å². The van der Waals surface area contributed by atoms with Crippen molar-refractivity contribution in [2.45, 2.75) is 26.4 Å². The summed E-state index contributed by atoms with van der Waals surface area (Å²) in [5.41, 5.74) is -0.405. The highest BCUT2D eigenvalue weighted by atomic mass is 35.5. The van der Waals surface area contributed by atoms with Crippen LogP contribution in [-0.4, -0.2) is 29.8 Å². The fourth-order valence-corrected chi connectivity index (χ4v) is 2.30. The van der Waals surface area contributed by atoms with E-state index in [1.807, 2.05) is 0 Å². The normalized spacial score (nSPS) is 11.0. The van der Waals surface area contributed by atoms with Crippen LogP contribution in [0.3, 0.4) is 0 Å². The SMILES string of the molecule is COC(=O)c1cc(-c2cccc(NC(=O)OC(C)(C)C)n2)c(F)cc1Cl. The smallest absolute Gasteiger partial charge is 0.413 e. The Bertz CT molecular complexity index is 850. The summed E-state index contributed by atoms with van der Waals surface area (Å²) in [4.78, 5) is 27.8. The number of anilines is 1. The van der Waals surface area contributed by atoms with E-state index in [0.717, 1.165) is 6.07 Å². The maximum atomic E-state index is 14.3. The fourth-order valence-electron chi connectivity index (χ4n) is 2.07. The molecule has 1 aromatic heterocycles. The number of nitrogens with zero attached hydrogens (tertiary/aromatic N) is 1. The Hall–Kier alpha value is -2.67. The van der Waals surface area contributed by atoms with E-state index in [-0.39, 0.29) is 27.7 Å². The number of aromatic nitrogens is 1. The molecule has 1 N–H and O–H groups in total. The topological polar surface area (TPSA) is 77.5 Å². The monoisotopic (exact) mass is 380 g/mol. The number of pyridine rings is 1. The number of hydrogen-bond donors (Lipinski definition) is 1. The van der Waals surface area contributed by atoms with Crippen LogP contribution in [0.5, 0.6) is 0 Å². The van der Waals surface area contributed by atoms with Crippen molar-refractivity contribution < 1.29 is 23.5 Å². The van der Waals surface area contributed by atoms with Crippen molar-refractivity contribution in [1.82, 2.24) is 4.98 Å². The van der Waals surface area contributed by atoms with Gasteiger partial charge in [0, 0.05) is 5.56 Å². The minimum Gasteiger partial charge on any atom is -0.465 e. The molecule has 0 bridgehead atoms. The predicted molar refractivity (Wildman–Crippen MR) is 95.8 cm³/mol. The maximum Gasteiger partial charge on any atom is 0.413 e. The Labute approximate surface area is 155 Å². The summed E-state index contributed by atoms with van der Waals surface area (Å²) in [5.74, 6) is -1.19. The number of amides is 1. The van der Waals surface area contributed by atoms with Crippen molar-refractivity contribution in [1.29, 1.82) is 0 Å². The third kappa shape index (κ3) is 4.92. The average Bonchev–Trinajstić information content (AvgIpc) is 2.52. The second-order valence-electron chi connectivity index (χ2n) is 6.34. The van der Waals surface area contributed by atoms with Crippen LogP contribution in [0, 0.1) is 5.82 Å². The Morgan fingerprint density at radius 2 is 1.92 bits per heavy atom. The number of nitrogens with one attached hydrogen (secondary N) is 1. The second kappa shape index (κ2) is 7.70. The first-order valence-corrected chi connectivity index (χ1v) is 8.03. The lowest BCUT2D eigenvalue weighted by Gasteiger charge is -2.19. The largest absolute Gasteiger partial charge is 0.465 e. The van der Waals surface area contributed by atoms with Gasteiger partial charge in [0.05, 0.1) is 23.4 Å². The lowest BCUT2D eigenvalue weighted by Crippen LogP contribution is -2.27. The van der Waals surface area contributed by atoms with Crippen LogP contribution >= 0.6 is 11.6 Å². The molecule has 2 rings (SSSR count). The van der Waals surface area contributed by atoms with Crippen molar-refractivity contribution in [2.75, 3.05) is 12.4 Å². The number of rotatable bonds is 3. The Balaban J connectivity index is 2.35. The lowest BCUT2D eigenvalue weighted by atomic mass is 10.1. The van der Waals surface area contributed by atoms with Crippen molar-refractivity contribution in [3.63, 3.8) is 0 Å². The van der Waals surface area contributed by atoms with Gasteiger partial charge in [-0.1, -0.05) is 17.7 Å². The number of carbonyl (C=O) groups excluding carboxylic acids is 2. The number of methoxy groups -OCH3 is 1. The van der Waals surface area contributed by atoms with Gasteiger partial charge in [-0.25, -0.2) is 19.0 Å². The summed E-state index contributed by atoms with van der Waals surface area (Å²) in [7, 11) is 1.20. The van der Waals surface area contributed by atoms with E-state index < -0.39 is 23.5 Å². The van der Waals surface area contributed by atoms with Gasteiger partial charge in [-0.2, -0.15) is 0 Å². The molecule has 1 heterocycles. The molecule has 8 heteroatoms. The van der Waals surface area contributed by atoms with E-state index in [0.29, 0.717) is 0 Å². The number of hydrogen-bond acceptors (Lipinski definition) is 5. The highest BCUT2D eigenvalue weighted by Gasteiger charge is 2.19. The fraction of sp³-hybridized carbons (Fsp3) is 0.278. The van der Waals surface area contributed by atoms with Crippen molar-refractivity contribution in [3.05, 3.63) is 46.7 Å². The lowest BCUT2D eigenvalue weighted by molar-refractivity contribution is 0.0598. The van der Waals surface area contributed by atoms with E-state index in [9.17, 15) is 14.0 Å². The molecule has 1 aromatic carbocycles. The quantitative estimate of drug-likeness (QED) is 0.782. The third-order valence-electron chi connectivity index (χ3n) is 3.12. The van der Waals surface area contributed by atoms with Crippen LogP contribution in [0.15, 0.2) is 30.3 Å². The zero-order valence-corrected chi connectivity index (χ0v) is 15.5. The van der Waals surface area contributed by atoms with Crippen LogP contribution in [0.1, 0.15) is 31.1 Å². The second-order valence-corrected chi connectivity index (χ2v) is 6.75. The molecule has 0 aliphatic carbocycles. The predicted octanol–water partition coefficient (Wildman–Crippen LogP) is 4.67. The standard InChI is InChI=1S/C18H18ClFN2O4/c1-18(2,3)26-17(24)22-15-7-5-6-14(21-15)11-8-10(16(23)25-4)12(19)9-13(11)20/h5-9H,1-4H3,(H,21,22,24). The van der Waals surface area contributed by atoms with E-state index in [1.54, 1.807) is 26.8 Å². The molecular formula is C18H18ClFN2O4. The molecule has 2 aromatic rings. The van der Waals surface area contributed by atoms with Crippen molar-refractivity contribution in [3.8, 4) is 11.3 Å². The Morgan fingerprint density at radius 1 is 1.23 bits per heavy atom. The van der Waals surface area contributed by atoms with Crippen LogP contribution in [0.2, 0.25) is 5.02 Å². The van der Waals surface area contributed by atoms with Gasteiger partial charge in [0.2, 0.25) is 0 Å². The molecule has 1 amide bonds. The molecule has 26 heavy (non-hydrogen) atoms. The van der Waals surface area contributed by atoms with E-state index in [1.165, 1.54) is 25.3 Å². The van der Waals surface area contributed by atoms with Gasteiger partial charge in [0.25, 0.3) is 0 Å². The number of ether oxygens (including phenoxy) is 2. The van der Waals surface area contributed by atoms with Crippen LogP contribution in [-0.2, 0) is 9.47 Å². The molecule has 0 saturated carbocycles. The molecule has 0 fully saturated rings. The van der Waals surface area contributed by atoms with Gasteiger partial charge in [0.1, 0.15) is 17.2 Å².